The van der Waals surface area contributed by atoms with Crippen molar-refractivity contribution in [2.24, 2.45) is 0 Å². The highest BCUT2D eigenvalue weighted by Crippen LogP contribution is 2.20. The van der Waals surface area contributed by atoms with E-state index in [0.717, 1.165) is 12.1 Å². The monoisotopic (exact) mass is 350 g/mol. The molecule has 0 bridgehead atoms. The van der Waals surface area contributed by atoms with Gasteiger partial charge in [-0.25, -0.2) is 8.78 Å². The fraction of sp³-hybridized carbons (Fsp3) is 0.176. The van der Waals surface area contributed by atoms with Crippen LogP contribution in [0, 0.1) is 23.0 Å². The van der Waals surface area contributed by atoms with Crippen LogP contribution in [0.4, 0.5) is 14.5 Å². The molecule has 0 radical (unpaired) electrons. The van der Waals surface area contributed by atoms with Gasteiger partial charge in [0.05, 0.1) is 11.3 Å². The minimum Gasteiger partial charge on any atom is -0.333 e. The second-order valence-electron chi connectivity index (χ2n) is 5.25. The molecule has 0 aliphatic carbocycles. The molecule has 7 heteroatoms. The van der Waals surface area contributed by atoms with Gasteiger partial charge >= 0.3 is 0 Å². The van der Waals surface area contributed by atoms with Gasteiger partial charge in [0.25, 0.3) is 5.91 Å². The van der Waals surface area contributed by atoms with Crippen LogP contribution in [0.1, 0.15) is 24.1 Å². The number of nitrogens with one attached hydrogen (secondary N) is 1. The number of carbonyl (C=O) groups excluding carboxylic acids is 1. The molecule has 0 aromatic heterocycles. The maximum atomic E-state index is 13.2. The van der Waals surface area contributed by atoms with E-state index in [1.54, 1.807) is 18.3 Å². The van der Waals surface area contributed by atoms with Crippen LogP contribution in [-0.2, 0) is 4.79 Å². The molecule has 0 saturated carbocycles. The predicted molar refractivity (Wildman–Crippen MR) is 86.4 cm³/mol. The Bertz CT molecular complexity index is 805. The molecule has 2 rings (SSSR count). The maximum Gasteiger partial charge on any atom is 0.279 e. The molecule has 0 aliphatic rings. The summed E-state index contributed by atoms with van der Waals surface area (Å²) in [7, 11) is 0. The minimum absolute atomic E-state index is 0.0531. The first-order valence-electron chi connectivity index (χ1n) is 7.18. The quantitative estimate of drug-likeness (QED) is 0.870. The summed E-state index contributed by atoms with van der Waals surface area (Å²) < 4.78 is 26.2. The summed E-state index contributed by atoms with van der Waals surface area (Å²) in [6.07, 6.45) is 0. The lowest BCUT2D eigenvalue weighted by atomic mass is 10.1. The molecule has 24 heavy (non-hydrogen) atoms. The molecular weight excluding hydrogens is 336 g/mol. The molecule has 0 aliphatic heterocycles. The third-order valence-corrected chi connectivity index (χ3v) is 3.74. The Kier molecular flexibility index (Phi) is 5.85. The standard InChI is InChI=1S/C17H14ClF2N3O/c1-10(11-3-5-14(19)15(20)6-11)22-9-17(24)23-16-7-13(18)4-2-12(16)8-21/h2-7,10,22H,9H2,1H3,(H,23,24)/p+1/t10-/m0/s1. The molecule has 124 valence electrons. The number of nitriles is 1. The van der Waals surface area contributed by atoms with Crippen LogP contribution in [0.5, 0.6) is 0 Å². The molecule has 3 N–H and O–H groups in total. The average Bonchev–Trinajstić information content (AvgIpc) is 2.55. The molecule has 0 spiro atoms. The maximum absolute atomic E-state index is 13.2. The van der Waals surface area contributed by atoms with Crippen molar-refractivity contribution in [2.45, 2.75) is 13.0 Å². The third-order valence-electron chi connectivity index (χ3n) is 3.50. The number of quaternary nitrogens is 1. The Balaban J connectivity index is 1.97. The van der Waals surface area contributed by atoms with E-state index >= 15 is 0 Å². The van der Waals surface area contributed by atoms with Gasteiger partial charge in [-0.2, -0.15) is 5.26 Å². The smallest absolute Gasteiger partial charge is 0.279 e. The fourth-order valence-corrected chi connectivity index (χ4v) is 2.31. The lowest BCUT2D eigenvalue weighted by Gasteiger charge is -2.12. The van der Waals surface area contributed by atoms with Gasteiger partial charge in [0.1, 0.15) is 12.1 Å². The Morgan fingerprint density at radius 3 is 2.71 bits per heavy atom. The van der Waals surface area contributed by atoms with Crippen molar-refractivity contribution < 1.29 is 18.9 Å². The molecule has 2 aromatic carbocycles. The number of anilines is 1. The first-order chi connectivity index (χ1) is 11.4. The van der Waals surface area contributed by atoms with Crippen molar-refractivity contribution in [1.29, 1.82) is 5.26 Å². The van der Waals surface area contributed by atoms with Crippen molar-refractivity contribution in [2.75, 3.05) is 11.9 Å². The Labute approximate surface area is 143 Å². The normalized spacial score (nSPS) is 11.6. The van der Waals surface area contributed by atoms with Gasteiger partial charge in [-0.3, -0.25) is 4.79 Å². The Morgan fingerprint density at radius 1 is 1.29 bits per heavy atom. The van der Waals surface area contributed by atoms with Gasteiger partial charge < -0.3 is 10.6 Å². The van der Waals surface area contributed by atoms with Gasteiger partial charge in [0.15, 0.2) is 18.2 Å². The summed E-state index contributed by atoms with van der Waals surface area (Å²) in [5.74, 6) is -2.16. The van der Waals surface area contributed by atoms with Gasteiger partial charge in [0.2, 0.25) is 0 Å². The number of amides is 1. The summed E-state index contributed by atoms with van der Waals surface area (Å²) in [5.41, 5.74) is 1.22. The molecule has 1 atom stereocenters. The van der Waals surface area contributed by atoms with Crippen molar-refractivity contribution in [3.63, 3.8) is 0 Å². The summed E-state index contributed by atoms with van der Waals surface area (Å²) in [6, 6.07) is 9.95. The number of rotatable bonds is 5. The second-order valence-corrected chi connectivity index (χ2v) is 5.69. The molecular formula is C17H15ClF2N3O+. The number of nitrogens with zero attached hydrogens (tertiary/aromatic N) is 1. The average molecular weight is 351 g/mol. The van der Waals surface area contributed by atoms with Crippen molar-refractivity contribution in [3.8, 4) is 6.07 Å². The Morgan fingerprint density at radius 2 is 2.04 bits per heavy atom. The van der Waals surface area contributed by atoms with E-state index in [0.29, 0.717) is 21.8 Å². The van der Waals surface area contributed by atoms with Crippen LogP contribution in [0.15, 0.2) is 36.4 Å². The van der Waals surface area contributed by atoms with Crippen LogP contribution in [-0.4, -0.2) is 12.5 Å². The predicted octanol–water partition coefficient (Wildman–Crippen LogP) is 2.75. The van der Waals surface area contributed by atoms with Crippen LogP contribution in [0.2, 0.25) is 5.02 Å². The van der Waals surface area contributed by atoms with Gasteiger partial charge in [0, 0.05) is 10.6 Å². The van der Waals surface area contributed by atoms with E-state index in [9.17, 15) is 13.6 Å². The SMILES string of the molecule is C[C@H]([NH2+]CC(=O)Nc1cc(Cl)ccc1C#N)c1ccc(F)c(F)c1. The van der Waals surface area contributed by atoms with Crippen molar-refractivity contribution in [3.05, 3.63) is 64.2 Å². The highest BCUT2D eigenvalue weighted by atomic mass is 35.5. The van der Waals surface area contributed by atoms with Gasteiger partial charge in [-0.05, 0) is 43.3 Å². The fourth-order valence-electron chi connectivity index (χ4n) is 2.13. The summed E-state index contributed by atoms with van der Waals surface area (Å²) >= 11 is 5.86. The van der Waals surface area contributed by atoms with E-state index in [4.69, 9.17) is 16.9 Å². The zero-order valence-corrected chi connectivity index (χ0v) is 13.6. The van der Waals surface area contributed by atoms with Crippen molar-refractivity contribution >= 4 is 23.2 Å². The van der Waals surface area contributed by atoms with E-state index in [1.165, 1.54) is 18.2 Å². The number of hydrogen-bond acceptors (Lipinski definition) is 2. The number of halogens is 3. The third kappa shape index (κ3) is 4.51. The zero-order valence-electron chi connectivity index (χ0n) is 12.8. The topological polar surface area (TPSA) is 69.5 Å². The molecule has 1 amide bonds. The molecule has 0 saturated heterocycles. The first-order valence-corrected chi connectivity index (χ1v) is 7.56. The summed E-state index contributed by atoms with van der Waals surface area (Å²) in [4.78, 5) is 12.0. The van der Waals surface area contributed by atoms with Crippen LogP contribution in [0.3, 0.4) is 0 Å². The van der Waals surface area contributed by atoms with Crippen molar-refractivity contribution in [1.82, 2.24) is 0 Å². The van der Waals surface area contributed by atoms with Crippen LogP contribution in [0.25, 0.3) is 0 Å². The number of carbonyl (C=O) groups is 1. The number of nitrogens with two attached hydrogens (primary N) is 1. The lowest BCUT2D eigenvalue weighted by Crippen LogP contribution is -2.86. The van der Waals surface area contributed by atoms with Crippen LogP contribution >= 0.6 is 11.6 Å². The number of benzene rings is 2. The second kappa shape index (κ2) is 7.86. The molecule has 0 fully saturated rings. The Hall–Kier alpha value is -2.49. The molecule has 2 aromatic rings. The minimum atomic E-state index is -0.921. The van der Waals surface area contributed by atoms with Gasteiger partial charge in [-0.1, -0.05) is 11.6 Å². The molecule has 4 nitrogen and oxygen atoms in total. The largest absolute Gasteiger partial charge is 0.333 e. The molecule has 0 unspecified atom stereocenters. The van der Waals surface area contributed by atoms with Gasteiger partial charge in [-0.15, -0.1) is 0 Å². The highest BCUT2D eigenvalue weighted by Gasteiger charge is 2.15. The molecule has 0 heterocycles. The van der Waals surface area contributed by atoms with E-state index in [-0.39, 0.29) is 18.5 Å². The lowest BCUT2D eigenvalue weighted by molar-refractivity contribution is -0.682. The number of hydrogen-bond donors (Lipinski definition) is 2. The van der Waals surface area contributed by atoms with Crippen LogP contribution < -0.4 is 10.6 Å². The first kappa shape index (κ1) is 17.9. The van der Waals surface area contributed by atoms with E-state index in [1.807, 2.05) is 6.07 Å². The van der Waals surface area contributed by atoms with E-state index < -0.39 is 11.6 Å². The zero-order chi connectivity index (χ0) is 17.7. The summed E-state index contributed by atoms with van der Waals surface area (Å²) in [5, 5.41) is 13.7. The summed E-state index contributed by atoms with van der Waals surface area (Å²) in [6.45, 7) is 1.83. The van der Waals surface area contributed by atoms with E-state index in [2.05, 4.69) is 5.32 Å². The highest BCUT2D eigenvalue weighted by molar-refractivity contribution is 6.31.